The number of H-pyrrole nitrogens is 1. The Hall–Kier alpha value is -4.50. The van der Waals surface area contributed by atoms with E-state index in [4.69, 9.17) is 22.1 Å². The number of hydrogen-bond acceptors (Lipinski definition) is 9. The van der Waals surface area contributed by atoms with Crippen molar-refractivity contribution >= 4 is 34.6 Å². The van der Waals surface area contributed by atoms with Gasteiger partial charge in [-0.25, -0.2) is 10.3 Å². The van der Waals surface area contributed by atoms with E-state index in [2.05, 4.69) is 36.1 Å². The summed E-state index contributed by atoms with van der Waals surface area (Å²) in [7, 11) is 1.24. The van der Waals surface area contributed by atoms with Crippen molar-refractivity contribution in [1.82, 2.24) is 21.1 Å². The van der Waals surface area contributed by atoms with Crippen molar-refractivity contribution in [3.63, 3.8) is 0 Å². The Morgan fingerprint density at radius 2 is 1.68 bits per heavy atom. The smallest absolute Gasteiger partial charge is 0.328 e. The van der Waals surface area contributed by atoms with E-state index in [1.807, 2.05) is 54.6 Å². The predicted molar refractivity (Wildman–Crippen MR) is 151 cm³/mol. The van der Waals surface area contributed by atoms with Crippen molar-refractivity contribution in [1.29, 1.82) is 0 Å². The monoisotopic (exact) mass is 568 g/mol. The molecule has 0 spiro atoms. The van der Waals surface area contributed by atoms with E-state index in [-0.39, 0.29) is 31.8 Å². The van der Waals surface area contributed by atoms with E-state index in [1.54, 1.807) is 6.20 Å². The first-order valence-electron chi connectivity index (χ1n) is 12.9. The van der Waals surface area contributed by atoms with Gasteiger partial charge in [0.2, 0.25) is 17.8 Å². The lowest BCUT2D eigenvalue weighted by Crippen LogP contribution is -2.55. The van der Waals surface area contributed by atoms with Crippen molar-refractivity contribution in [2.45, 2.75) is 43.8 Å². The highest BCUT2D eigenvalue weighted by Gasteiger charge is 2.29. The average Bonchev–Trinajstić information content (AvgIpc) is 3.39. The van der Waals surface area contributed by atoms with Crippen LogP contribution in [0.2, 0.25) is 0 Å². The zero-order valence-corrected chi connectivity index (χ0v) is 22.7. The number of fused-ring (bicyclic) bond motifs is 1. The molecule has 2 amide bonds. The van der Waals surface area contributed by atoms with Crippen LogP contribution in [0, 0.1) is 0 Å². The summed E-state index contributed by atoms with van der Waals surface area (Å²) >= 11 is 0. The molecule has 0 radical (unpaired) electrons. The zero-order chi connectivity index (χ0) is 29.6. The Bertz CT molecular complexity index is 1320. The van der Waals surface area contributed by atoms with Crippen LogP contribution in [0.15, 0.2) is 65.8 Å². The number of esters is 1. The maximum atomic E-state index is 13.4. The molecule has 0 saturated heterocycles. The Balaban J connectivity index is 1.72. The summed E-state index contributed by atoms with van der Waals surface area (Å²) in [5, 5.41) is 6.37. The number of aromatic nitrogens is 1. The van der Waals surface area contributed by atoms with Gasteiger partial charge in [-0.05, 0) is 36.5 Å². The van der Waals surface area contributed by atoms with Gasteiger partial charge in [-0.1, -0.05) is 53.5 Å². The third kappa shape index (κ3) is 9.58. The quantitative estimate of drug-likeness (QED) is 0.0321. The molecule has 3 rings (SSSR count). The van der Waals surface area contributed by atoms with Gasteiger partial charge in [-0.15, -0.1) is 4.99 Å². The fourth-order valence-corrected chi connectivity index (χ4v) is 4.23. The fraction of sp³-hybridized carbons (Fsp3) is 0.333. The summed E-state index contributed by atoms with van der Waals surface area (Å²) in [6, 6.07) is 14.0. The van der Waals surface area contributed by atoms with Gasteiger partial charge in [-0.3, -0.25) is 14.6 Å². The standard InChI is InChI=1S/C27H36N8O6/c1-39-26(38)23(15-18-16-32-21-11-6-5-10-19(18)21)34-25(37)22(12-7-13-31-27(29)35-41-40-30)33-24(36)20(28)14-17-8-3-2-4-9-17/h2-6,8-11,16,20,22-23,32H,7,12-15,28,30H2,1H3,(H,33,36)(H,34,37)(H3,29,31,35)/t20-,22+,23+/m1/s1. The van der Waals surface area contributed by atoms with E-state index in [1.165, 1.54) is 7.11 Å². The molecule has 3 aromatic rings. The van der Waals surface area contributed by atoms with Gasteiger partial charge >= 0.3 is 5.97 Å². The number of ether oxygens (including phenoxy) is 1. The number of nitrogens with one attached hydrogen (secondary N) is 4. The molecule has 0 aliphatic rings. The lowest BCUT2D eigenvalue weighted by atomic mass is 10.0. The predicted octanol–water partition coefficient (Wildman–Crippen LogP) is -0.156. The van der Waals surface area contributed by atoms with Crippen molar-refractivity contribution in [2.75, 3.05) is 13.7 Å². The maximum Gasteiger partial charge on any atom is 0.328 e. The van der Waals surface area contributed by atoms with Crippen LogP contribution >= 0.6 is 0 Å². The highest BCUT2D eigenvalue weighted by atomic mass is 17.3. The molecule has 1 aromatic heterocycles. The van der Waals surface area contributed by atoms with Gasteiger partial charge in [0.25, 0.3) is 0 Å². The van der Waals surface area contributed by atoms with Crippen LogP contribution in [0.25, 0.3) is 10.9 Å². The molecule has 10 N–H and O–H groups in total. The molecule has 2 aromatic carbocycles. The van der Waals surface area contributed by atoms with Crippen molar-refractivity contribution < 1.29 is 29.1 Å². The lowest BCUT2D eigenvalue weighted by molar-refractivity contribution is -0.326. The number of carbonyl (C=O) groups is 3. The largest absolute Gasteiger partial charge is 0.467 e. The molecule has 0 aliphatic carbocycles. The molecule has 220 valence electrons. The first-order valence-corrected chi connectivity index (χ1v) is 12.9. The third-order valence-electron chi connectivity index (χ3n) is 6.30. The number of aliphatic imine (C=N–C) groups is 1. The van der Waals surface area contributed by atoms with E-state index in [0.717, 1.165) is 22.0 Å². The Morgan fingerprint density at radius 3 is 2.41 bits per heavy atom. The van der Waals surface area contributed by atoms with E-state index in [9.17, 15) is 14.4 Å². The van der Waals surface area contributed by atoms with Crippen LogP contribution in [0.4, 0.5) is 0 Å². The fourth-order valence-electron chi connectivity index (χ4n) is 4.23. The minimum atomic E-state index is -1.02. The summed E-state index contributed by atoms with van der Waals surface area (Å²) < 4.78 is 4.96. The Kier molecular flexibility index (Phi) is 12.1. The number of para-hydroxylation sites is 1. The number of nitrogens with zero attached hydrogens (tertiary/aromatic N) is 1. The molecule has 0 aliphatic heterocycles. The van der Waals surface area contributed by atoms with Crippen molar-refractivity contribution in [3.8, 4) is 0 Å². The third-order valence-corrected chi connectivity index (χ3v) is 6.30. The minimum absolute atomic E-state index is 0.102. The molecule has 3 atom stereocenters. The average molecular weight is 569 g/mol. The van der Waals surface area contributed by atoms with Gasteiger partial charge in [0, 0.05) is 30.1 Å². The van der Waals surface area contributed by atoms with E-state index < -0.39 is 35.9 Å². The van der Waals surface area contributed by atoms with Gasteiger partial charge in [0.15, 0.2) is 0 Å². The van der Waals surface area contributed by atoms with E-state index >= 15 is 0 Å². The maximum absolute atomic E-state index is 13.4. The van der Waals surface area contributed by atoms with Crippen LogP contribution in [-0.4, -0.2) is 60.5 Å². The normalized spacial score (nSPS) is 13.7. The van der Waals surface area contributed by atoms with Crippen molar-refractivity contribution in [2.24, 2.45) is 22.4 Å². The Labute approximate surface area is 236 Å². The van der Waals surface area contributed by atoms with Crippen LogP contribution in [0.1, 0.15) is 24.0 Å². The van der Waals surface area contributed by atoms with Gasteiger partial charge < -0.3 is 31.8 Å². The number of guanidine groups is 1. The second kappa shape index (κ2) is 15.9. The molecule has 14 heteroatoms. The number of hydrogen-bond donors (Lipinski definition) is 7. The topological polar surface area (TPSA) is 221 Å². The number of amides is 2. The number of nitrogens with two attached hydrogens (primary N) is 3. The van der Waals surface area contributed by atoms with Crippen LogP contribution < -0.4 is 33.5 Å². The molecule has 1 heterocycles. The van der Waals surface area contributed by atoms with Crippen LogP contribution in [-0.2, 0) is 41.9 Å². The van der Waals surface area contributed by atoms with Crippen LogP contribution in [0.5, 0.6) is 0 Å². The molecule has 41 heavy (non-hydrogen) atoms. The summed E-state index contributed by atoms with van der Waals surface area (Å²) in [4.78, 5) is 54.4. The summed E-state index contributed by atoms with van der Waals surface area (Å²) in [5.74, 6) is 2.92. The number of rotatable bonds is 15. The minimum Gasteiger partial charge on any atom is -0.467 e. The molecule has 0 fully saturated rings. The number of benzene rings is 2. The number of hydroxylamine groups is 1. The lowest BCUT2D eigenvalue weighted by Gasteiger charge is -2.23. The van der Waals surface area contributed by atoms with Crippen LogP contribution in [0.3, 0.4) is 0 Å². The molecule has 14 nitrogen and oxygen atoms in total. The molecular formula is C27H36N8O6. The number of methoxy groups -OCH3 is 1. The molecular weight excluding hydrogens is 532 g/mol. The highest BCUT2D eigenvalue weighted by molar-refractivity contribution is 5.92. The molecule has 0 bridgehead atoms. The van der Waals surface area contributed by atoms with Gasteiger partial charge in [0.05, 0.1) is 13.2 Å². The highest BCUT2D eigenvalue weighted by Crippen LogP contribution is 2.19. The van der Waals surface area contributed by atoms with Gasteiger partial charge in [0.1, 0.15) is 12.1 Å². The number of aromatic amines is 1. The second-order valence-corrected chi connectivity index (χ2v) is 9.20. The molecule has 0 unspecified atom stereocenters. The zero-order valence-electron chi connectivity index (χ0n) is 22.7. The first kappa shape index (κ1) is 31.0. The summed E-state index contributed by atoms with van der Waals surface area (Å²) in [6.45, 7) is 0.179. The van der Waals surface area contributed by atoms with Gasteiger partial charge in [-0.2, -0.15) is 5.90 Å². The first-order chi connectivity index (χ1) is 19.8. The van der Waals surface area contributed by atoms with Crippen molar-refractivity contribution in [3.05, 3.63) is 71.9 Å². The summed E-state index contributed by atoms with van der Waals surface area (Å²) in [6.07, 6.45) is 2.74. The molecule has 0 saturated carbocycles. The Morgan fingerprint density at radius 1 is 0.976 bits per heavy atom. The summed E-state index contributed by atoms with van der Waals surface area (Å²) in [5.41, 5.74) is 16.5. The second-order valence-electron chi connectivity index (χ2n) is 9.20. The SMILES string of the molecule is COC(=O)[C@H](Cc1c[nH]c2ccccc12)NC(=O)[C@H](CCCN=C(N)NOON)NC(=O)[C@H](N)Cc1ccccc1. The number of carbonyl (C=O) groups excluding carboxylic acids is 3. The van der Waals surface area contributed by atoms with E-state index in [0.29, 0.717) is 6.42 Å².